The van der Waals surface area contributed by atoms with Crippen molar-refractivity contribution in [1.82, 2.24) is 9.80 Å². The van der Waals surface area contributed by atoms with E-state index in [1.807, 2.05) is 39.0 Å². The van der Waals surface area contributed by atoms with Crippen molar-refractivity contribution in [3.8, 4) is 5.75 Å². The maximum Gasteiger partial charge on any atom is 0.410 e. The van der Waals surface area contributed by atoms with Gasteiger partial charge in [-0.3, -0.25) is 0 Å². The van der Waals surface area contributed by atoms with Crippen molar-refractivity contribution in [3.63, 3.8) is 0 Å². The van der Waals surface area contributed by atoms with Crippen LogP contribution in [-0.4, -0.2) is 60.3 Å². The van der Waals surface area contributed by atoms with E-state index in [1.165, 1.54) is 11.1 Å². The third-order valence-corrected chi connectivity index (χ3v) is 6.08. The molecule has 0 aliphatic carbocycles. The Morgan fingerprint density at radius 2 is 1.61 bits per heavy atom. The zero-order valence-corrected chi connectivity index (χ0v) is 22.4. The van der Waals surface area contributed by atoms with Crippen molar-refractivity contribution in [1.29, 1.82) is 0 Å². The molecule has 1 saturated heterocycles. The summed E-state index contributed by atoms with van der Waals surface area (Å²) in [7, 11) is 0. The van der Waals surface area contributed by atoms with Crippen molar-refractivity contribution in [2.75, 3.05) is 38.1 Å². The molecule has 0 radical (unpaired) electrons. The van der Waals surface area contributed by atoms with Crippen LogP contribution in [-0.2, 0) is 11.2 Å². The van der Waals surface area contributed by atoms with Gasteiger partial charge < -0.3 is 24.6 Å². The Morgan fingerprint density at radius 3 is 2.25 bits per heavy atom. The first-order chi connectivity index (χ1) is 17.1. The highest BCUT2D eigenvalue weighted by Crippen LogP contribution is 2.20. The molecule has 1 aliphatic heterocycles. The van der Waals surface area contributed by atoms with Crippen LogP contribution >= 0.6 is 0 Å². The minimum absolute atomic E-state index is 0.148. The van der Waals surface area contributed by atoms with Crippen LogP contribution in [0.15, 0.2) is 48.5 Å². The molecule has 0 aromatic heterocycles. The van der Waals surface area contributed by atoms with Crippen molar-refractivity contribution in [2.45, 2.75) is 65.4 Å². The lowest BCUT2D eigenvalue weighted by Gasteiger charge is -2.35. The zero-order chi connectivity index (χ0) is 26.1. The molecule has 7 nitrogen and oxygen atoms in total. The SMILES string of the molecule is CC(C)c1cccc(OCCCCc2ccc(NC(=O)N3CCN(C(=O)OC(C)(C)C)CC3)cc2)c1. The maximum atomic E-state index is 12.6. The lowest BCUT2D eigenvalue weighted by atomic mass is 10.0. The number of piperazine rings is 1. The van der Waals surface area contributed by atoms with E-state index in [-0.39, 0.29) is 12.1 Å². The molecule has 0 bridgehead atoms. The predicted molar refractivity (Wildman–Crippen MR) is 144 cm³/mol. The molecule has 2 aromatic carbocycles. The minimum atomic E-state index is -0.522. The fraction of sp³-hybridized carbons (Fsp3) is 0.517. The third-order valence-electron chi connectivity index (χ3n) is 6.08. The fourth-order valence-corrected chi connectivity index (χ4v) is 3.96. The van der Waals surface area contributed by atoms with Gasteiger partial charge in [0.25, 0.3) is 0 Å². The molecule has 3 rings (SSSR count). The molecule has 1 aliphatic rings. The molecule has 0 spiro atoms. The molecule has 0 unspecified atom stereocenters. The summed E-state index contributed by atoms with van der Waals surface area (Å²) in [5.41, 5.74) is 2.78. The summed E-state index contributed by atoms with van der Waals surface area (Å²) in [6.07, 6.45) is 2.66. The number of carbonyl (C=O) groups excluding carboxylic acids is 2. The van der Waals surface area contributed by atoms with E-state index in [0.29, 0.717) is 38.7 Å². The van der Waals surface area contributed by atoms with Gasteiger partial charge in [0, 0.05) is 31.9 Å². The Morgan fingerprint density at radius 1 is 0.944 bits per heavy atom. The van der Waals surface area contributed by atoms with Gasteiger partial charge in [0.05, 0.1) is 6.61 Å². The van der Waals surface area contributed by atoms with Crippen LogP contribution in [0.4, 0.5) is 15.3 Å². The molecular weight excluding hydrogens is 454 g/mol. The Kier molecular flexibility index (Phi) is 9.62. The number of unbranched alkanes of at least 4 members (excludes halogenated alkanes) is 1. The van der Waals surface area contributed by atoms with E-state index in [2.05, 4.69) is 49.5 Å². The zero-order valence-electron chi connectivity index (χ0n) is 22.4. The van der Waals surface area contributed by atoms with Crippen molar-refractivity contribution in [2.24, 2.45) is 0 Å². The summed E-state index contributed by atoms with van der Waals surface area (Å²) in [6, 6.07) is 16.2. The van der Waals surface area contributed by atoms with Crippen molar-refractivity contribution in [3.05, 3.63) is 59.7 Å². The lowest BCUT2D eigenvalue weighted by molar-refractivity contribution is 0.0174. The van der Waals surface area contributed by atoms with Crippen LogP contribution in [0.2, 0.25) is 0 Å². The number of nitrogens with zero attached hydrogens (tertiary/aromatic N) is 2. The number of nitrogens with one attached hydrogen (secondary N) is 1. The fourth-order valence-electron chi connectivity index (χ4n) is 3.96. The first-order valence-corrected chi connectivity index (χ1v) is 13.0. The molecule has 36 heavy (non-hydrogen) atoms. The molecule has 3 amide bonds. The molecule has 0 atom stereocenters. The summed E-state index contributed by atoms with van der Waals surface area (Å²) in [4.78, 5) is 28.2. The monoisotopic (exact) mass is 495 g/mol. The Labute approximate surface area is 215 Å². The second kappa shape index (κ2) is 12.7. The Bertz CT molecular complexity index is 990. The van der Waals surface area contributed by atoms with Crippen LogP contribution in [0.1, 0.15) is 64.5 Å². The molecule has 0 saturated carbocycles. The first-order valence-electron chi connectivity index (χ1n) is 13.0. The highest BCUT2D eigenvalue weighted by Gasteiger charge is 2.27. The van der Waals surface area contributed by atoms with Gasteiger partial charge in [0.2, 0.25) is 0 Å². The molecule has 1 fully saturated rings. The van der Waals surface area contributed by atoms with Crippen LogP contribution in [0, 0.1) is 0 Å². The summed E-state index contributed by atoms with van der Waals surface area (Å²) in [6.45, 7) is 12.5. The summed E-state index contributed by atoms with van der Waals surface area (Å²) in [5.74, 6) is 1.43. The quantitative estimate of drug-likeness (QED) is 0.437. The van der Waals surface area contributed by atoms with E-state index in [4.69, 9.17) is 9.47 Å². The van der Waals surface area contributed by atoms with Crippen molar-refractivity contribution >= 4 is 17.8 Å². The number of hydrogen-bond acceptors (Lipinski definition) is 4. The van der Waals surface area contributed by atoms with Gasteiger partial charge in [-0.1, -0.05) is 38.1 Å². The summed E-state index contributed by atoms with van der Waals surface area (Å²) >= 11 is 0. The van der Waals surface area contributed by atoms with Gasteiger partial charge in [0.1, 0.15) is 11.4 Å². The van der Waals surface area contributed by atoms with Gasteiger partial charge in [-0.05, 0) is 81.3 Å². The second-order valence-corrected chi connectivity index (χ2v) is 10.6. The smallest absolute Gasteiger partial charge is 0.410 e. The maximum absolute atomic E-state index is 12.6. The van der Waals surface area contributed by atoms with Crippen LogP contribution in [0.5, 0.6) is 5.75 Å². The topological polar surface area (TPSA) is 71.1 Å². The number of aryl methyl sites for hydroxylation is 1. The molecule has 1 N–H and O–H groups in total. The van der Waals surface area contributed by atoms with Crippen LogP contribution in [0.3, 0.4) is 0 Å². The average Bonchev–Trinajstić information content (AvgIpc) is 2.84. The standard InChI is InChI=1S/C29H41N3O4/c1-22(2)24-10-8-11-26(21-24)35-20-7-6-9-23-12-14-25(15-13-23)30-27(33)31-16-18-32(19-17-31)28(34)36-29(3,4)5/h8,10-15,21-22H,6-7,9,16-20H2,1-5H3,(H,30,33). The van der Waals surface area contributed by atoms with Gasteiger partial charge in [-0.25, -0.2) is 9.59 Å². The number of anilines is 1. The van der Waals surface area contributed by atoms with Gasteiger partial charge >= 0.3 is 12.1 Å². The van der Waals surface area contributed by atoms with E-state index < -0.39 is 5.60 Å². The third kappa shape index (κ3) is 8.77. The summed E-state index contributed by atoms with van der Waals surface area (Å²) in [5, 5.41) is 2.96. The number of hydrogen-bond donors (Lipinski definition) is 1. The van der Waals surface area contributed by atoms with Gasteiger partial charge in [-0.2, -0.15) is 0 Å². The number of carbonyl (C=O) groups is 2. The minimum Gasteiger partial charge on any atom is -0.494 e. The second-order valence-electron chi connectivity index (χ2n) is 10.6. The molecule has 7 heteroatoms. The Balaban J connectivity index is 1.35. The van der Waals surface area contributed by atoms with E-state index in [1.54, 1.807) is 9.80 Å². The number of rotatable bonds is 8. The normalized spacial score (nSPS) is 14.1. The van der Waals surface area contributed by atoms with E-state index in [9.17, 15) is 9.59 Å². The van der Waals surface area contributed by atoms with E-state index >= 15 is 0 Å². The largest absolute Gasteiger partial charge is 0.494 e. The van der Waals surface area contributed by atoms with Gasteiger partial charge in [-0.15, -0.1) is 0 Å². The van der Waals surface area contributed by atoms with Gasteiger partial charge in [0.15, 0.2) is 0 Å². The lowest BCUT2D eigenvalue weighted by Crippen LogP contribution is -2.52. The molecule has 2 aromatic rings. The van der Waals surface area contributed by atoms with Crippen LogP contribution in [0.25, 0.3) is 0 Å². The Hall–Kier alpha value is -3.22. The highest BCUT2D eigenvalue weighted by atomic mass is 16.6. The predicted octanol–water partition coefficient (Wildman–Crippen LogP) is 6.30. The number of benzene rings is 2. The number of ether oxygens (including phenoxy) is 2. The number of urea groups is 1. The summed E-state index contributed by atoms with van der Waals surface area (Å²) < 4.78 is 11.3. The van der Waals surface area contributed by atoms with Crippen LogP contribution < -0.4 is 10.1 Å². The highest BCUT2D eigenvalue weighted by molar-refractivity contribution is 5.89. The molecule has 1 heterocycles. The van der Waals surface area contributed by atoms with E-state index in [0.717, 1.165) is 30.7 Å². The molecular formula is C29H41N3O4. The van der Waals surface area contributed by atoms with Crippen molar-refractivity contribution < 1.29 is 19.1 Å². The first kappa shape index (κ1) is 27.4. The molecule has 196 valence electrons. The average molecular weight is 496 g/mol. The number of amides is 3.